The normalized spacial score (nSPS) is 11.9. The van der Waals surface area contributed by atoms with Gasteiger partial charge in [0, 0.05) is 84.3 Å². The van der Waals surface area contributed by atoms with E-state index >= 15 is 0 Å². The molecule has 5 heteroatoms. The van der Waals surface area contributed by atoms with Crippen molar-refractivity contribution in [3.05, 3.63) is 249 Å². The van der Waals surface area contributed by atoms with Crippen molar-refractivity contribution in [3.63, 3.8) is 0 Å². The highest BCUT2D eigenvalue weighted by Gasteiger charge is 2.21. The number of para-hydroxylation sites is 3. The van der Waals surface area contributed by atoms with Gasteiger partial charge in [0.15, 0.2) is 0 Å². The van der Waals surface area contributed by atoms with Gasteiger partial charge < -0.3 is 23.2 Å². The van der Waals surface area contributed by atoms with Crippen LogP contribution in [-0.4, -0.2) is 4.57 Å². The fraction of sp³-hybridized carbons (Fsp3) is 0. The molecule has 0 fully saturated rings. The summed E-state index contributed by atoms with van der Waals surface area (Å²) in [5.74, 6) is 0. The van der Waals surface area contributed by atoms with Gasteiger partial charge in [0.1, 0.15) is 22.3 Å². The predicted octanol–water partition coefficient (Wildman–Crippen LogP) is 19.0. The molecule has 0 unspecified atom stereocenters. The highest BCUT2D eigenvalue weighted by atomic mass is 16.3. The van der Waals surface area contributed by atoms with Crippen molar-refractivity contribution in [2.24, 2.45) is 0 Å². The molecule has 0 aliphatic heterocycles. The average molecular weight is 908 g/mol. The molecule has 3 aromatic heterocycles. The van der Waals surface area contributed by atoms with Crippen molar-refractivity contribution in [1.29, 1.82) is 0 Å². The summed E-state index contributed by atoms with van der Waals surface area (Å²) >= 11 is 0. The summed E-state index contributed by atoms with van der Waals surface area (Å²) in [6, 6.07) is 89.3. The zero-order valence-corrected chi connectivity index (χ0v) is 38.3. The molecule has 0 atom stereocenters. The third kappa shape index (κ3) is 6.33. The van der Waals surface area contributed by atoms with Crippen LogP contribution in [0.3, 0.4) is 0 Å². The first-order valence-corrected chi connectivity index (χ1v) is 24.1. The van der Waals surface area contributed by atoms with Crippen LogP contribution in [0.1, 0.15) is 0 Å². The Morgan fingerprint density at radius 3 is 1.18 bits per heavy atom. The second kappa shape index (κ2) is 15.5. The van der Waals surface area contributed by atoms with E-state index in [1.54, 1.807) is 0 Å². The Kier molecular flexibility index (Phi) is 8.59. The molecule has 12 aromatic carbocycles. The Hall–Kier alpha value is -9.58. The first-order valence-electron chi connectivity index (χ1n) is 24.1. The van der Waals surface area contributed by atoms with Crippen LogP contribution in [0.15, 0.2) is 258 Å². The molecule has 0 spiro atoms. The van der Waals surface area contributed by atoms with Crippen LogP contribution in [0.4, 0.5) is 34.1 Å². The zero-order valence-electron chi connectivity index (χ0n) is 38.3. The lowest BCUT2D eigenvalue weighted by atomic mass is 10.0. The molecule has 71 heavy (non-hydrogen) atoms. The van der Waals surface area contributed by atoms with Crippen LogP contribution in [-0.2, 0) is 0 Å². The Bertz CT molecular complexity index is 4590. The lowest BCUT2D eigenvalue weighted by molar-refractivity contribution is 0.669. The Morgan fingerprint density at radius 1 is 0.239 bits per heavy atom. The smallest absolute Gasteiger partial charge is 0.137 e. The maximum absolute atomic E-state index is 6.62. The second-order valence-electron chi connectivity index (χ2n) is 18.6. The number of aromatic nitrogens is 1. The second-order valence-corrected chi connectivity index (χ2v) is 18.6. The largest absolute Gasteiger partial charge is 0.456 e. The number of anilines is 6. The van der Waals surface area contributed by atoms with Crippen LogP contribution >= 0.6 is 0 Å². The van der Waals surface area contributed by atoms with Gasteiger partial charge in [-0.1, -0.05) is 115 Å². The predicted molar refractivity (Wildman–Crippen MR) is 297 cm³/mol. The van der Waals surface area contributed by atoms with E-state index in [1.165, 1.54) is 37.7 Å². The van der Waals surface area contributed by atoms with Gasteiger partial charge in [-0.2, -0.15) is 0 Å². The van der Waals surface area contributed by atoms with Gasteiger partial charge in [0.25, 0.3) is 0 Å². The molecule has 3 heterocycles. The molecule has 0 saturated heterocycles. The first-order chi connectivity index (χ1) is 35.1. The van der Waals surface area contributed by atoms with E-state index in [2.05, 4.69) is 263 Å². The van der Waals surface area contributed by atoms with Crippen LogP contribution in [0, 0.1) is 0 Å². The van der Waals surface area contributed by atoms with Gasteiger partial charge in [0.05, 0.1) is 11.0 Å². The molecule has 0 radical (unpaired) electrons. The Labute approximate surface area is 407 Å². The molecule has 0 N–H and O–H groups in total. The standard InChI is InChI=1S/C66H41N3O2/c1-4-18-48(19-5-1)67(53-27-30-56-59-34-42-14-10-12-16-44(42)37-63(59)70-65(56)40-53)51-25-24-46-33-58-55-29-26-52(39-62(55)69(50-22-8-3-9-23-50)61(58)36-47(46)32-51)68(49-20-6-2-7-21-49)54-28-31-57-60-35-43-15-11-13-17-45(43)38-64(60)71-66(57)41-54/h1-41H. The third-order valence-electron chi connectivity index (χ3n) is 14.4. The highest BCUT2D eigenvalue weighted by Crippen LogP contribution is 2.45. The number of fused-ring (bicyclic) bond motifs is 12. The van der Waals surface area contributed by atoms with Crippen molar-refractivity contribution in [1.82, 2.24) is 4.57 Å². The zero-order chi connectivity index (χ0) is 46.6. The highest BCUT2D eigenvalue weighted by molar-refractivity contribution is 6.16. The molecule has 0 aliphatic rings. The van der Waals surface area contributed by atoms with Crippen LogP contribution in [0.5, 0.6) is 0 Å². The average Bonchev–Trinajstić information content (AvgIpc) is 4.07. The van der Waals surface area contributed by atoms with Gasteiger partial charge in [-0.25, -0.2) is 0 Å². The number of hydrogen-bond acceptors (Lipinski definition) is 4. The van der Waals surface area contributed by atoms with E-state index in [9.17, 15) is 0 Å². The number of hydrogen-bond donors (Lipinski definition) is 0. The summed E-state index contributed by atoms with van der Waals surface area (Å²) in [4.78, 5) is 4.66. The first kappa shape index (κ1) is 39.4. The summed E-state index contributed by atoms with van der Waals surface area (Å²) in [7, 11) is 0. The van der Waals surface area contributed by atoms with Crippen molar-refractivity contribution >= 4 is 132 Å². The number of benzene rings is 12. The number of rotatable bonds is 7. The minimum Gasteiger partial charge on any atom is -0.456 e. The molecule has 0 aliphatic carbocycles. The molecule has 332 valence electrons. The van der Waals surface area contributed by atoms with E-state index in [4.69, 9.17) is 8.83 Å². The van der Waals surface area contributed by atoms with Crippen molar-refractivity contribution in [2.75, 3.05) is 9.80 Å². The Morgan fingerprint density at radius 2 is 0.634 bits per heavy atom. The van der Waals surface area contributed by atoms with E-state index < -0.39 is 0 Å². The molecule has 0 amide bonds. The molecule has 5 nitrogen and oxygen atoms in total. The summed E-state index contributed by atoms with van der Waals surface area (Å²) in [5.41, 5.74) is 13.1. The maximum Gasteiger partial charge on any atom is 0.137 e. The van der Waals surface area contributed by atoms with Crippen molar-refractivity contribution < 1.29 is 8.83 Å². The van der Waals surface area contributed by atoms with Crippen molar-refractivity contribution in [2.45, 2.75) is 0 Å². The molecule has 0 bridgehead atoms. The molecular weight excluding hydrogens is 867 g/mol. The fourth-order valence-corrected chi connectivity index (χ4v) is 11.1. The lowest BCUT2D eigenvalue weighted by Gasteiger charge is -2.25. The third-order valence-corrected chi connectivity index (χ3v) is 14.4. The minimum atomic E-state index is 0.856. The topological polar surface area (TPSA) is 37.7 Å². The van der Waals surface area contributed by atoms with Gasteiger partial charge in [-0.3, -0.25) is 0 Å². The quantitative estimate of drug-likeness (QED) is 0.160. The monoisotopic (exact) mass is 907 g/mol. The SMILES string of the molecule is c1ccc(N(c2ccc3cc4c5ccc(N(c6ccccc6)c6ccc7c(c6)oc6cc8ccccc8cc67)cc5n(-c5ccccc5)c4cc3c2)c2ccc3c(c2)oc2cc4ccccc4cc23)cc1. The fourth-order valence-electron chi connectivity index (χ4n) is 11.1. The minimum absolute atomic E-state index is 0.856. The molecule has 0 saturated carbocycles. The Balaban J connectivity index is 0.891. The molecular formula is C66H41N3O2. The van der Waals surface area contributed by atoms with Gasteiger partial charge >= 0.3 is 0 Å². The van der Waals surface area contributed by atoms with Gasteiger partial charge in [0.2, 0.25) is 0 Å². The van der Waals surface area contributed by atoms with E-state index in [-0.39, 0.29) is 0 Å². The summed E-state index contributed by atoms with van der Waals surface area (Å²) in [6.07, 6.45) is 0. The van der Waals surface area contributed by atoms with Crippen LogP contribution in [0.2, 0.25) is 0 Å². The molecule has 15 rings (SSSR count). The van der Waals surface area contributed by atoms with Crippen LogP contribution in [0.25, 0.3) is 104 Å². The van der Waals surface area contributed by atoms with E-state index in [1.807, 2.05) is 0 Å². The molecule has 15 aromatic rings. The summed E-state index contributed by atoms with van der Waals surface area (Å²) in [5, 5.41) is 13.9. The van der Waals surface area contributed by atoms with Crippen LogP contribution < -0.4 is 9.80 Å². The summed E-state index contributed by atoms with van der Waals surface area (Å²) in [6.45, 7) is 0. The van der Waals surface area contributed by atoms with E-state index in [0.717, 1.165) is 100 Å². The number of furan rings is 2. The summed E-state index contributed by atoms with van der Waals surface area (Å²) < 4.78 is 15.6. The number of nitrogens with zero attached hydrogens (tertiary/aromatic N) is 3. The van der Waals surface area contributed by atoms with Gasteiger partial charge in [-0.05, 0) is 154 Å². The van der Waals surface area contributed by atoms with Crippen molar-refractivity contribution in [3.8, 4) is 5.69 Å². The maximum atomic E-state index is 6.62. The lowest BCUT2D eigenvalue weighted by Crippen LogP contribution is -2.10. The van der Waals surface area contributed by atoms with Gasteiger partial charge in [-0.15, -0.1) is 0 Å². The van der Waals surface area contributed by atoms with E-state index in [0.29, 0.717) is 0 Å².